The number of nitrogens with one attached hydrogen (secondary N) is 2. The number of anilines is 1. The Kier molecular flexibility index (Phi) is 20.9. The van der Waals surface area contributed by atoms with Crippen LogP contribution in [0.1, 0.15) is 131 Å². The van der Waals surface area contributed by atoms with Crippen LogP contribution in [0.2, 0.25) is 5.02 Å². The van der Waals surface area contributed by atoms with Crippen LogP contribution in [0, 0.1) is 0 Å². The Hall–Kier alpha value is -6.15. The summed E-state index contributed by atoms with van der Waals surface area (Å²) >= 11 is 6.24. The van der Waals surface area contributed by atoms with Gasteiger partial charge in [-0.15, -0.1) is 0 Å². The summed E-state index contributed by atoms with van der Waals surface area (Å²) in [5, 5.41) is 7.21. The van der Waals surface area contributed by atoms with Gasteiger partial charge in [-0.3, -0.25) is 24.1 Å². The van der Waals surface area contributed by atoms with E-state index in [1.54, 1.807) is 31.4 Å². The maximum atomic E-state index is 13.4. The predicted octanol–water partition coefficient (Wildman–Crippen LogP) is 11.1. The van der Waals surface area contributed by atoms with Gasteiger partial charge >= 0.3 is 0 Å². The second-order valence-corrected chi connectivity index (χ2v) is 22.8. The van der Waals surface area contributed by atoms with Crippen molar-refractivity contribution in [2.24, 2.45) is 0 Å². The van der Waals surface area contributed by atoms with E-state index >= 15 is 0 Å². The van der Waals surface area contributed by atoms with Gasteiger partial charge in [-0.1, -0.05) is 85.1 Å². The predicted molar refractivity (Wildman–Crippen MR) is 309 cm³/mol. The van der Waals surface area contributed by atoms with Crippen molar-refractivity contribution in [3.8, 4) is 11.5 Å². The number of methoxy groups -OCH3 is 2. The zero-order valence-corrected chi connectivity index (χ0v) is 47.4. The quantitative estimate of drug-likeness (QED) is 0.0780. The van der Waals surface area contributed by atoms with Crippen molar-refractivity contribution in [3.05, 3.63) is 148 Å². The minimum absolute atomic E-state index is 0.0196. The van der Waals surface area contributed by atoms with E-state index in [9.17, 15) is 19.2 Å². The van der Waals surface area contributed by atoms with Gasteiger partial charge in [0.05, 0.1) is 27.0 Å². The highest BCUT2D eigenvalue weighted by Gasteiger charge is 2.41. The van der Waals surface area contributed by atoms with Crippen molar-refractivity contribution >= 4 is 40.9 Å². The van der Waals surface area contributed by atoms with Gasteiger partial charge in [-0.25, -0.2) is 0 Å². The van der Waals surface area contributed by atoms with Gasteiger partial charge in [0, 0.05) is 78.2 Å². The molecule has 2 aliphatic carbocycles. The summed E-state index contributed by atoms with van der Waals surface area (Å²) in [6.07, 6.45) is 18.5. The normalized spacial score (nSPS) is 21.3. The minimum atomic E-state index is -0.136. The number of fused-ring (bicyclic) bond motifs is 1. The van der Waals surface area contributed by atoms with Crippen LogP contribution in [0.3, 0.4) is 0 Å². The summed E-state index contributed by atoms with van der Waals surface area (Å²) in [6, 6.07) is 36.5. The molecule has 1 saturated heterocycles. The highest BCUT2D eigenvalue weighted by atomic mass is 35.5. The topological polar surface area (TPSA) is 137 Å². The van der Waals surface area contributed by atoms with Gasteiger partial charge in [0.25, 0.3) is 0 Å². The molecule has 14 heteroatoms. The van der Waals surface area contributed by atoms with Gasteiger partial charge < -0.3 is 39.2 Å². The molecule has 4 aliphatic rings. The molecule has 0 spiro atoms. The van der Waals surface area contributed by atoms with Crippen LogP contribution in [-0.2, 0) is 51.5 Å². The number of hydrogen-bond donors (Lipinski definition) is 2. The first-order chi connectivity index (χ1) is 37.8. The number of para-hydroxylation sites is 1. The van der Waals surface area contributed by atoms with Crippen LogP contribution in [0.4, 0.5) is 5.69 Å². The van der Waals surface area contributed by atoms with Crippen LogP contribution < -0.4 is 25.0 Å². The van der Waals surface area contributed by atoms with Crippen molar-refractivity contribution < 1.29 is 33.1 Å². The zero-order chi connectivity index (χ0) is 54.9. The number of hydrogen-bond acceptors (Lipinski definition) is 9. The number of likely N-dealkylation sites (tertiary alicyclic amines) is 1. The Morgan fingerprint density at radius 2 is 1.33 bits per heavy atom. The smallest absolute Gasteiger partial charge is 0.227 e. The summed E-state index contributed by atoms with van der Waals surface area (Å²) in [6.45, 7) is 3.71. The Balaban J connectivity index is 0.000000208. The lowest BCUT2D eigenvalue weighted by atomic mass is 9.74. The SMILES string of the molecule is COc1ccc(OC)c(CN(Cc2ccco2)C(=O)CCC(=O)NC2CCC(Cc3cccc(Cl)c3)(N(C)C)CC2)c1.O=C(CCC(=O)N1CCc2ccccc21)NC1CCC(Cc2ccccc2)(N2CCCCCC2)CC1. The summed E-state index contributed by atoms with van der Waals surface area (Å²) < 4.78 is 16.4. The van der Waals surface area contributed by atoms with E-state index in [0.717, 1.165) is 93.4 Å². The average molecular weight is 1080 g/mol. The molecule has 0 bridgehead atoms. The number of halogens is 1. The molecule has 4 amide bonds. The molecule has 4 aromatic carbocycles. The van der Waals surface area contributed by atoms with Gasteiger partial charge in [-0.2, -0.15) is 0 Å². The standard InChI is InChI=1S/C33H42ClN3O5.C31H41N3O2/c1-36(2)33(21-24-7-5-8-26(34)19-24)16-14-27(15-17-33)35-31(38)12-13-32(39)37(23-29-9-6-18-42-29)22-25-20-28(40-3)10-11-30(25)41-4;35-29(14-15-30(36)34-23-18-26-12-6-7-13-28(26)34)32-27-16-19-31(20-17-27,24-25-10-4-3-5-11-25)33-21-8-1-2-9-22-33/h5-11,18-20,27H,12-17,21-23H2,1-4H3,(H,35,38);3-7,10-13,27H,1-2,8-9,14-24H2,(H,32,35). The number of carbonyl (C=O) groups is 4. The van der Waals surface area contributed by atoms with E-state index in [1.807, 2.05) is 65.6 Å². The molecule has 1 aromatic heterocycles. The number of likely N-dealkylation sites (N-methyl/N-ethyl adjacent to an activating group) is 1. The minimum Gasteiger partial charge on any atom is -0.497 e. The number of benzene rings is 4. The van der Waals surface area contributed by atoms with Gasteiger partial charge in [0.15, 0.2) is 0 Å². The van der Waals surface area contributed by atoms with Crippen molar-refractivity contribution in [2.45, 2.75) is 158 Å². The number of carbonyl (C=O) groups excluding carboxylic acids is 4. The summed E-state index contributed by atoms with van der Waals surface area (Å²) in [4.78, 5) is 60.6. The molecule has 3 heterocycles. The highest BCUT2D eigenvalue weighted by molar-refractivity contribution is 6.30. The van der Waals surface area contributed by atoms with Crippen molar-refractivity contribution in [3.63, 3.8) is 0 Å². The lowest BCUT2D eigenvalue weighted by molar-refractivity contribution is -0.135. The molecule has 5 aromatic rings. The number of ether oxygens (including phenoxy) is 2. The first-order valence-corrected chi connectivity index (χ1v) is 28.9. The highest BCUT2D eigenvalue weighted by Crippen LogP contribution is 2.39. The molecule has 0 atom stereocenters. The van der Waals surface area contributed by atoms with E-state index in [0.29, 0.717) is 23.8 Å². The van der Waals surface area contributed by atoms with Gasteiger partial charge in [0.2, 0.25) is 23.6 Å². The second-order valence-electron chi connectivity index (χ2n) is 22.3. The maximum Gasteiger partial charge on any atom is 0.227 e. The summed E-state index contributed by atoms with van der Waals surface area (Å²) in [7, 11) is 7.46. The first-order valence-electron chi connectivity index (χ1n) is 28.5. The molecule has 13 nitrogen and oxygen atoms in total. The summed E-state index contributed by atoms with van der Waals surface area (Å²) in [5.41, 5.74) is 5.92. The van der Waals surface area contributed by atoms with E-state index in [4.69, 9.17) is 25.5 Å². The number of amides is 4. The molecular formula is C64H83ClN6O7. The fourth-order valence-electron chi connectivity index (χ4n) is 12.5. The number of nitrogens with zero attached hydrogens (tertiary/aromatic N) is 4. The molecular weight excluding hydrogens is 1000 g/mol. The molecule has 3 fully saturated rings. The van der Waals surface area contributed by atoms with Crippen molar-refractivity contribution in [2.75, 3.05) is 52.8 Å². The van der Waals surface area contributed by atoms with Crippen LogP contribution in [-0.4, -0.2) is 109 Å². The van der Waals surface area contributed by atoms with Crippen LogP contribution >= 0.6 is 11.6 Å². The Morgan fingerprint density at radius 1 is 0.667 bits per heavy atom. The third-order valence-electron chi connectivity index (χ3n) is 17.0. The third-order valence-corrected chi connectivity index (χ3v) is 17.3. The second kappa shape index (κ2) is 28.1. The Morgan fingerprint density at radius 3 is 1.99 bits per heavy atom. The molecule has 0 unspecified atom stereocenters. The number of rotatable bonds is 20. The molecule has 418 valence electrons. The molecule has 2 saturated carbocycles. The van der Waals surface area contributed by atoms with E-state index in [-0.39, 0.29) is 79.0 Å². The average Bonchev–Trinajstić information content (AvgIpc) is 4.09. The largest absolute Gasteiger partial charge is 0.497 e. The van der Waals surface area contributed by atoms with Gasteiger partial charge in [-0.05, 0) is 176 Å². The van der Waals surface area contributed by atoms with Crippen LogP contribution in [0.25, 0.3) is 0 Å². The maximum absolute atomic E-state index is 13.4. The van der Waals surface area contributed by atoms with E-state index in [2.05, 4.69) is 77.0 Å². The molecule has 9 rings (SSSR count). The molecule has 2 N–H and O–H groups in total. The fourth-order valence-corrected chi connectivity index (χ4v) is 12.7. The first kappa shape index (κ1) is 58.0. The molecule has 78 heavy (non-hydrogen) atoms. The molecule has 0 radical (unpaired) electrons. The van der Waals surface area contributed by atoms with Crippen molar-refractivity contribution in [1.82, 2.24) is 25.3 Å². The van der Waals surface area contributed by atoms with Crippen LogP contribution in [0.15, 0.2) is 120 Å². The third kappa shape index (κ3) is 15.8. The van der Waals surface area contributed by atoms with E-state index < -0.39 is 0 Å². The Labute approximate surface area is 468 Å². The lowest BCUT2D eigenvalue weighted by Gasteiger charge is -2.48. The van der Waals surface area contributed by atoms with Gasteiger partial charge in [0.1, 0.15) is 17.3 Å². The molecule has 2 aliphatic heterocycles. The lowest BCUT2D eigenvalue weighted by Crippen LogP contribution is -2.55. The van der Waals surface area contributed by atoms with Crippen molar-refractivity contribution in [1.29, 1.82) is 0 Å². The monoisotopic (exact) mass is 1080 g/mol. The Bertz CT molecular complexity index is 2710. The zero-order valence-electron chi connectivity index (χ0n) is 46.6. The summed E-state index contributed by atoms with van der Waals surface area (Å²) in [5.74, 6) is 1.84. The van der Waals surface area contributed by atoms with E-state index in [1.165, 1.54) is 55.5 Å². The van der Waals surface area contributed by atoms with Crippen LogP contribution in [0.5, 0.6) is 11.5 Å². The number of furan rings is 1. The fraction of sp³-hybridized carbons (Fsp3) is 0.500.